The molecule has 1 aromatic rings. The van der Waals surface area contributed by atoms with E-state index in [1.165, 1.54) is 19.3 Å². The number of furan rings is 1. The van der Waals surface area contributed by atoms with E-state index in [2.05, 4.69) is 15.9 Å². The molecule has 15 heavy (non-hydrogen) atoms. The van der Waals surface area contributed by atoms with Gasteiger partial charge < -0.3 is 4.42 Å². The Morgan fingerprint density at radius 3 is 2.60 bits per heavy atom. The Morgan fingerprint density at radius 1 is 1.20 bits per heavy atom. The first-order chi connectivity index (χ1) is 7.34. The molecule has 1 aromatic heterocycles. The van der Waals surface area contributed by atoms with Crippen molar-refractivity contribution >= 4 is 21.7 Å². The van der Waals surface area contributed by atoms with E-state index in [0.29, 0.717) is 12.2 Å². The van der Waals surface area contributed by atoms with Crippen LogP contribution in [0.2, 0.25) is 0 Å². The van der Waals surface area contributed by atoms with E-state index < -0.39 is 0 Å². The Morgan fingerprint density at radius 2 is 1.93 bits per heavy atom. The molecule has 2 nitrogen and oxygen atoms in total. The fourth-order valence-corrected chi connectivity index (χ4v) is 1.87. The van der Waals surface area contributed by atoms with E-state index >= 15 is 0 Å². The molecule has 0 unspecified atom stereocenters. The second-order valence-electron chi connectivity index (χ2n) is 3.61. The molecule has 0 aliphatic rings. The maximum Gasteiger partial charge on any atom is 0.197 e. The number of hydrogen-bond donors (Lipinski definition) is 0. The molecule has 0 fully saturated rings. The van der Waals surface area contributed by atoms with Crippen molar-refractivity contribution in [3.05, 3.63) is 24.2 Å². The average molecular weight is 273 g/mol. The van der Waals surface area contributed by atoms with Crippen molar-refractivity contribution in [1.29, 1.82) is 0 Å². The number of halogens is 1. The summed E-state index contributed by atoms with van der Waals surface area (Å²) >= 11 is 3.40. The lowest BCUT2D eigenvalue weighted by molar-refractivity contribution is 0.0952. The molecule has 0 N–H and O–H groups in total. The lowest BCUT2D eigenvalue weighted by Gasteiger charge is -1.98. The largest absolute Gasteiger partial charge is 0.461 e. The number of Topliss-reactive ketones (excluding diaryl/α,β-unsaturated/α-hetero) is 1. The highest BCUT2D eigenvalue weighted by atomic mass is 79.9. The Kier molecular flexibility index (Phi) is 6.41. The third-order valence-corrected chi connectivity index (χ3v) is 2.89. The second kappa shape index (κ2) is 7.69. The molecule has 0 aromatic carbocycles. The Hall–Kier alpha value is -0.570. The van der Waals surface area contributed by atoms with Crippen molar-refractivity contribution in [1.82, 2.24) is 0 Å². The first-order valence-electron chi connectivity index (χ1n) is 5.47. The van der Waals surface area contributed by atoms with Crippen molar-refractivity contribution in [2.75, 3.05) is 5.33 Å². The van der Waals surface area contributed by atoms with Gasteiger partial charge in [-0.3, -0.25) is 4.79 Å². The maximum atomic E-state index is 11.5. The molecule has 0 aliphatic heterocycles. The fraction of sp³-hybridized carbons (Fsp3) is 0.583. The summed E-state index contributed by atoms with van der Waals surface area (Å²) in [6, 6.07) is 3.48. The zero-order valence-electron chi connectivity index (χ0n) is 8.88. The van der Waals surface area contributed by atoms with E-state index in [1.54, 1.807) is 18.4 Å². The monoisotopic (exact) mass is 272 g/mol. The Balaban J connectivity index is 2.03. The number of alkyl halides is 1. The third-order valence-electron chi connectivity index (χ3n) is 2.33. The van der Waals surface area contributed by atoms with Crippen molar-refractivity contribution < 1.29 is 9.21 Å². The van der Waals surface area contributed by atoms with Gasteiger partial charge >= 0.3 is 0 Å². The highest BCUT2D eigenvalue weighted by molar-refractivity contribution is 9.09. The Bertz CT molecular complexity index is 267. The molecular weight excluding hydrogens is 256 g/mol. The van der Waals surface area contributed by atoms with E-state index in [9.17, 15) is 4.79 Å². The summed E-state index contributed by atoms with van der Waals surface area (Å²) < 4.78 is 5.04. The molecule has 0 radical (unpaired) electrons. The van der Waals surface area contributed by atoms with Gasteiger partial charge in [0.1, 0.15) is 0 Å². The van der Waals surface area contributed by atoms with Crippen LogP contribution in [0, 0.1) is 0 Å². The van der Waals surface area contributed by atoms with Crippen molar-refractivity contribution in [3.63, 3.8) is 0 Å². The van der Waals surface area contributed by atoms with Crippen LogP contribution in [0.15, 0.2) is 22.8 Å². The maximum absolute atomic E-state index is 11.5. The highest BCUT2D eigenvalue weighted by Crippen LogP contribution is 2.10. The van der Waals surface area contributed by atoms with Gasteiger partial charge in [-0.2, -0.15) is 0 Å². The number of rotatable bonds is 8. The summed E-state index contributed by atoms with van der Waals surface area (Å²) in [7, 11) is 0. The van der Waals surface area contributed by atoms with Crippen LogP contribution < -0.4 is 0 Å². The number of ketones is 1. The van der Waals surface area contributed by atoms with Crippen molar-refractivity contribution in [3.8, 4) is 0 Å². The van der Waals surface area contributed by atoms with Gasteiger partial charge in [0.15, 0.2) is 11.5 Å². The van der Waals surface area contributed by atoms with Gasteiger partial charge in [0.25, 0.3) is 0 Å². The van der Waals surface area contributed by atoms with Gasteiger partial charge in [0, 0.05) is 11.8 Å². The molecule has 0 saturated carbocycles. The normalized spacial score (nSPS) is 10.5. The van der Waals surface area contributed by atoms with Crippen LogP contribution in [0.4, 0.5) is 0 Å². The SMILES string of the molecule is O=C(CCCCCCCBr)c1ccco1. The summed E-state index contributed by atoms with van der Waals surface area (Å²) in [6.45, 7) is 0. The van der Waals surface area contributed by atoms with E-state index in [0.717, 1.165) is 18.2 Å². The molecule has 0 saturated heterocycles. The molecule has 0 atom stereocenters. The standard InChI is InChI=1S/C12H17BrO2/c13-9-5-3-1-2-4-7-11(14)12-8-6-10-15-12/h6,8,10H,1-5,7,9H2. The van der Waals surface area contributed by atoms with Gasteiger partial charge in [-0.05, 0) is 25.0 Å². The van der Waals surface area contributed by atoms with Crippen molar-refractivity contribution in [2.45, 2.75) is 38.5 Å². The number of hydrogen-bond acceptors (Lipinski definition) is 2. The summed E-state index contributed by atoms with van der Waals surface area (Å²) in [5.74, 6) is 0.621. The van der Waals surface area contributed by atoms with Gasteiger partial charge in [-0.1, -0.05) is 35.2 Å². The summed E-state index contributed by atoms with van der Waals surface area (Å²) in [5.41, 5.74) is 0. The average Bonchev–Trinajstić information content (AvgIpc) is 2.76. The van der Waals surface area contributed by atoms with Crippen LogP contribution >= 0.6 is 15.9 Å². The van der Waals surface area contributed by atoms with Gasteiger partial charge in [0.05, 0.1) is 6.26 Å². The van der Waals surface area contributed by atoms with Crippen LogP contribution in [0.25, 0.3) is 0 Å². The molecule has 0 spiro atoms. The second-order valence-corrected chi connectivity index (χ2v) is 4.40. The third kappa shape index (κ3) is 5.17. The van der Waals surface area contributed by atoms with E-state index in [4.69, 9.17) is 4.42 Å². The van der Waals surface area contributed by atoms with Crippen LogP contribution in [-0.2, 0) is 0 Å². The molecule has 84 valence electrons. The zero-order valence-corrected chi connectivity index (χ0v) is 10.5. The molecule has 1 heterocycles. The quantitative estimate of drug-likeness (QED) is 0.403. The highest BCUT2D eigenvalue weighted by Gasteiger charge is 2.07. The smallest absolute Gasteiger partial charge is 0.197 e. The lowest BCUT2D eigenvalue weighted by atomic mass is 10.1. The van der Waals surface area contributed by atoms with Gasteiger partial charge in [-0.25, -0.2) is 0 Å². The molecule has 3 heteroatoms. The summed E-state index contributed by atoms with van der Waals surface area (Å²) in [4.78, 5) is 11.5. The molecule has 1 rings (SSSR count). The predicted molar refractivity (Wildman–Crippen MR) is 64.5 cm³/mol. The minimum atomic E-state index is 0.125. The molecule has 0 amide bonds. The van der Waals surface area contributed by atoms with Crippen LogP contribution in [-0.4, -0.2) is 11.1 Å². The summed E-state index contributed by atoms with van der Waals surface area (Å²) in [5, 5.41) is 1.08. The fourth-order valence-electron chi connectivity index (χ4n) is 1.47. The van der Waals surface area contributed by atoms with E-state index in [-0.39, 0.29) is 5.78 Å². The predicted octanol–water partition coefficient (Wildman–Crippen LogP) is 4.20. The lowest BCUT2D eigenvalue weighted by Crippen LogP contribution is -1.96. The number of carbonyl (C=O) groups excluding carboxylic acids is 1. The van der Waals surface area contributed by atoms with Crippen LogP contribution in [0.5, 0.6) is 0 Å². The van der Waals surface area contributed by atoms with E-state index in [1.807, 2.05) is 0 Å². The number of unbranched alkanes of at least 4 members (excludes halogenated alkanes) is 4. The minimum absolute atomic E-state index is 0.125. The van der Waals surface area contributed by atoms with Crippen LogP contribution in [0.3, 0.4) is 0 Å². The number of carbonyl (C=O) groups is 1. The first kappa shape index (κ1) is 12.5. The molecular formula is C12H17BrO2. The van der Waals surface area contributed by atoms with Gasteiger partial charge in [0.2, 0.25) is 0 Å². The molecule has 0 bridgehead atoms. The van der Waals surface area contributed by atoms with Crippen molar-refractivity contribution in [2.24, 2.45) is 0 Å². The summed E-state index contributed by atoms with van der Waals surface area (Å²) in [6.07, 6.45) is 7.97. The minimum Gasteiger partial charge on any atom is -0.461 e. The van der Waals surface area contributed by atoms with Crippen LogP contribution in [0.1, 0.15) is 49.1 Å². The first-order valence-corrected chi connectivity index (χ1v) is 6.59. The zero-order chi connectivity index (χ0) is 10.9. The van der Waals surface area contributed by atoms with Gasteiger partial charge in [-0.15, -0.1) is 0 Å². The Labute approximate surface area is 99.2 Å². The molecule has 0 aliphatic carbocycles. The topological polar surface area (TPSA) is 30.2 Å².